The van der Waals surface area contributed by atoms with Crippen LogP contribution in [0.3, 0.4) is 0 Å². The van der Waals surface area contributed by atoms with E-state index < -0.39 is 11.9 Å². The second-order valence-electron chi connectivity index (χ2n) is 2.87. The van der Waals surface area contributed by atoms with Gasteiger partial charge in [-0.1, -0.05) is 6.92 Å². The number of carbonyl (C=O) groups excluding carboxylic acids is 1. The molecule has 0 radical (unpaired) electrons. The van der Waals surface area contributed by atoms with Crippen LogP contribution in [0.5, 0.6) is 0 Å². The number of hydrogen-bond acceptors (Lipinski definition) is 3. The van der Waals surface area contributed by atoms with Crippen LogP contribution in [-0.4, -0.2) is 16.9 Å². The predicted molar refractivity (Wildman–Crippen MR) is 51.1 cm³/mol. The highest BCUT2D eigenvalue weighted by Gasteiger charge is 2.10. The van der Waals surface area contributed by atoms with Gasteiger partial charge in [-0.3, -0.25) is 4.79 Å². The number of pyridine rings is 1. The van der Waals surface area contributed by atoms with Crippen LogP contribution < -0.4 is 11.1 Å². The first-order valence-corrected chi connectivity index (χ1v) is 4.31. The predicted octanol–water partition coefficient (Wildman–Crippen LogP) is 0.896. The molecule has 0 aliphatic heterocycles. The van der Waals surface area contributed by atoms with Gasteiger partial charge in [0, 0.05) is 0 Å². The first-order valence-electron chi connectivity index (χ1n) is 4.31. The fourth-order valence-electron chi connectivity index (χ4n) is 0.854. The molecule has 0 spiro atoms. The summed E-state index contributed by atoms with van der Waals surface area (Å²) in [5.74, 6) is -0.449. The number of aromatic nitrogens is 1. The molecule has 0 saturated heterocycles. The Hall–Kier alpha value is -1.49. The van der Waals surface area contributed by atoms with E-state index in [1.165, 1.54) is 12.1 Å². The Balaban J connectivity index is 2.60. The minimum absolute atomic E-state index is 0.306. The van der Waals surface area contributed by atoms with Gasteiger partial charge in [0.1, 0.15) is 11.6 Å². The number of nitrogens with one attached hydrogen (secondary N) is 1. The summed E-state index contributed by atoms with van der Waals surface area (Å²) in [6.07, 6.45) is 1.58. The van der Waals surface area contributed by atoms with Gasteiger partial charge in [-0.15, -0.1) is 0 Å². The summed E-state index contributed by atoms with van der Waals surface area (Å²) in [5, 5.41) is 2.48. The number of hydrogen-bond donors (Lipinski definition) is 2. The van der Waals surface area contributed by atoms with Crippen molar-refractivity contribution in [3.05, 3.63) is 24.1 Å². The Kier molecular flexibility index (Phi) is 3.53. The molecule has 76 valence electrons. The third kappa shape index (κ3) is 2.77. The fraction of sp³-hybridized carbons (Fsp3) is 0.333. The molecule has 1 heterocycles. The Labute approximate surface area is 81.3 Å². The summed E-state index contributed by atoms with van der Waals surface area (Å²) in [6, 6.07) is 2.05. The third-order valence-corrected chi connectivity index (χ3v) is 1.76. The van der Waals surface area contributed by atoms with Crippen molar-refractivity contribution in [3.63, 3.8) is 0 Å². The van der Waals surface area contributed by atoms with Gasteiger partial charge in [0.25, 0.3) is 0 Å². The summed E-state index contributed by atoms with van der Waals surface area (Å²) in [5.41, 5.74) is 5.48. The standard InChI is InChI=1S/C9H12FN3O/c1-2-7(11)9(14)13-8-4-3-6(10)5-12-8/h3-5,7H,2,11H2,1H3,(H,12,13,14)/t7-/m0/s1. The molecule has 5 heteroatoms. The quantitative estimate of drug-likeness (QED) is 0.756. The highest BCUT2D eigenvalue weighted by Crippen LogP contribution is 2.04. The first kappa shape index (κ1) is 10.6. The molecule has 1 aromatic rings. The maximum absolute atomic E-state index is 12.4. The van der Waals surface area contributed by atoms with E-state index in [1.54, 1.807) is 0 Å². The molecule has 1 rings (SSSR count). The topological polar surface area (TPSA) is 68.0 Å². The molecular formula is C9H12FN3O. The minimum atomic E-state index is -0.554. The van der Waals surface area contributed by atoms with Crippen molar-refractivity contribution in [1.82, 2.24) is 4.98 Å². The van der Waals surface area contributed by atoms with Crippen LogP contribution in [0.2, 0.25) is 0 Å². The first-order chi connectivity index (χ1) is 6.63. The summed E-state index contributed by atoms with van der Waals surface area (Å²) in [7, 11) is 0. The zero-order valence-electron chi connectivity index (χ0n) is 7.83. The number of amides is 1. The van der Waals surface area contributed by atoms with Crippen LogP contribution in [0.15, 0.2) is 18.3 Å². The van der Waals surface area contributed by atoms with Crippen LogP contribution in [0, 0.1) is 5.82 Å². The van der Waals surface area contributed by atoms with Gasteiger partial charge >= 0.3 is 0 Å². The lowest BCUT2D eigenvalue weighted by Crippen LogP contribution is -2.35. The average Bonchev–Trinajstić information content (AvgIpc) is 2.20. The van der Waals surface area contributed by atoms with Crippen LogP contribution >= 0.6 is 0 Å². The van der Waals surface area contributed by atoms with Crippen LogP contribution in [-0.2, 0) is 4.79 Å². The van der Waals surface area contributed by atoms with E-state index in [4.69, 9.17) is 5.73 Å². The van der Waals surface area contributed by atoms with Gasteiger partial charge < -0.3 is 11.1 Å². The normalized spacial score (nSPS) is 12.2. The van der Waals surface area contributed by atoms with Crippen molar-refractivity contribution in [2.24, 2.45) is 5.73 Å². The second-order valence-corrected chi connectivity index (χ2v) is 2.87. The Bertz CT molecular complexity index is 312. The largest absolute Gasteiger partial charge is 0.320 e. The molecule has 1 amide bonds. The zero-order chi connectivity index (χ0) is 10.6. The van der Waals surface area contributed by atoms with Crippen molar-refractivity contribution in [1.29, 1.82) is 0 Å². The van der Waals surface area contributed by atoms with Gasteiger partial charge in [-0.2, -0.15) is 0 Å². The van der Waals surface area contributed by atoms with Gasteiger partial charge in [-0.05, 0) is 18.6 Å². The van der Waals surface area contributed by atoms with Crippen molar-refractivity contribution < 1.29 is 9.18 Å². The Morgan fingerprint density at radius 3 is 2.93 bits per heavy atom. The molecule has 14 heavy (non-hydrogen) atoms. The fourth-order valence-corrected chi connectivity index (χ4v) is 0.854. The molecular weight excluding hydrogens is 185 g/mol. The molecule has 1 atom stereocenters. The van der Waals surface area contributed by atoms with E-state index in [0.29, 0.717) is 12.2 Å². The molecule has 0 bridgehead atoms. The lowest BCUT2D eigenvalue weighted by molar-refractivity contribution is -0.117. The van der Waals surface area contributed by atoms with E-state index in [-0.39, 0.29) is 5.91 Å². The number of nitrogens with zero attached hydrogens (tertiary/aromatic N) is 1. The Morgan fingerprint density at radius 1 is 1.71 bits per heavy atom. The number of rotatable bonds is 3. The molecule has 0 aliphatic carbocycles. The molecule has 0 aromatic carbocycles. The number of nitrogens with two attached hydrogens (primary N) is 1. The van der Waals surface area contributed by atoms with E-state index in [1.807, 2.05) is 6.92 Å². The van der Waals surface area contributed by atoms with Gasteiger partial charge in [0.15, 0.2) is 0 Å². The zero-order valence-corrected chi connectivity index (χ0v) is 7.83. The molecule has 0 fully saturated rings. The maximum atomic E-state index is 12.4. The highest BCUT2D eigenvalue weighted by molar-refractivity contribution is 5.93. The molecule has 0 saturated carbocycles. The number of anilines is 1. The van der Waals surface area contributed by atoms with E-state index >= 15 is 0 Å². The SMILES string of the molecule is CC[C@H](N)C(=O)Nc1ccc(F)cn1. The van der Waals surface area contributed by atoms with Crippen molar-refractivity contribution in [2.45, 2.75) is 19.4 Å². The van der Waals surface area contributed by atoms with E-state index in [0.717, 1.165) is 6.20 Å². The lowest BCUT2D eigenvalue weighted by atomic mass is 10.2. The summed E-state index contributed by atoms with van der Waals surface area (Å²) >= 11 is 0. The maximum Gasteiger partial charge on any atom is 0.242 e. The van der Waals surface area contributed by atoms with Crippen LogP contribution in [0.4, 0.5) is 10.2 Å². The van der Waals surface area contributed by atoms with Gasteiger partial charge in [0.2, 0.25) is 5.91 Å². The van der Waals surface area contributed by atoms with E-state index in [9.17, 15) is 9.18 Å². The monoisotopic (exact) mass is 197 g/mol. The summed E-state index contributed by atoms with van der Waals surface area (Å²) < 4.78 is 12.4. The van der Waals surface area contributed by atoms with E-state index in [2.05, 4.69) is 10.3 Å². The number of halogens is 1. The van der Waals surface area contributed by atoms with Crippen molar-refractivity contribution in [3.8, 4) is 0 Å². The molecule has 0 unspecified atom stereocenters. The third-order valence-electron chi connectivity index (χ3n) is 1.76. The molecule has 0 aliphatic rings. The van der Waals surface area contributed by atoms with Crippen molar-refractivity contribution in [2.75, 3.05) is 5.32 Å². The molecule has 4 nitrogen and oxygen atoms in total. The summed E-state index contributed by atoms with van der Waals surface area (Å²) in [4.78, 5) is 14.9. The van der Waals surface area contributed by atoms with Crippen molar-refractivity contribution >= 4 is 11.7 Å². The second kappa shape index (κ2) is 4.66. The van der Waals surface area contributed by atoms with Gasteiger partial charge in [0.05, 0.1) is 12.2 Å². The minimum Gasteiger partial charge on any atom is -0.320 e. The smallest absolute Gasteiger partial charge is 0.242 e. The molecule has 1 aromatic heterocycles. The molecule has 3 N–H and O–H groups in total. The highest BCUT2D eigenvalue weighted by atomic mass is 19.1. The Morgan fingerprint density at radius 2 is 2.43 bits per heavy atom. The summed E-state index contributed by atoms with van der Waals surface area (Å²) in [6.45, 7) is 1.81. The van der Waals surface area contributed by atoms with Crippen LogP contribution in [0.25, 0.3) is 0 Å². The van der Waals surface area contributed by atoms with Gasteiger partial charge in [-0.25, -0.2) is 9.37 Å². The average molecular weight is 197 g/mol. The van der Waals surface area contributed by atoms with Crippen LogP contribution in [0.1, 0.15) is 13.3 Å². The number of carbonyl (C=O) groups is 1. The lowest BCUT2D eigenvalue weighted by Gasteiger charge is -2.08.